The lowest BCUT2D eigenvalue weighted by Crippen LogP contribution is -2.30. The van der Waals surface area contributed by atoms with E-state index in [0.29, 0.717) is 5.92 Å². The second-order valence-corrected chi connectivity index (χ2v) is 6.76. The van der Waals surface area contributed by atoms with Crippen molar-refractivity contribution in [1.29, 1.82) is 0 Å². The summed E-state index contributed by atoms with van der Waals surface area (Å²) in [5.74, 6) is 1.11. The number of nitrogens with zero attached hydrogens (tertiary/aromatic N) is 1. The molecule has 4 rings (SSSR count). The Morgan fingerprint density at radius 1 is 1.14 bits per heavy atom. The average molecular weight is 307 g/mol. The lowest BCUT2D eigenvalue weighted by atomic mass is 9.89. The van der Waals surface area contributed by atoms with Gasteiger partial charge in [0.15, 0.2) is 11.3 Å². The Kier molecular flexibility index (Phi) is 3.23. The summed E-state index contributed by atoms with van der Waals surface area (Å²) in [4.78, 5) is 5.99. The normalized spacial score (nSPS) is 17.2. The van der Waals surface area contributed by atoms with E-state index in [1.807, 2.05) is 6.92 Å². The Morgan fingerprint density at radius 3 is 2.68 bits per heavy atom. The van der Waals surface area contributed by atoms with E-state index < -0.39 is 0 Å². The topological polar surface area (TPSA) is 26.0 Å². The van der Waals surface area contributed by atoms with Crippen molar-refractivity contribution in [3.05, 3.63) is 74.4 Å². The smallest absolute Gasteiger partial charge is 0.192 e. The van der Waals surface area contributed by atoms with Crippen molar-refractivity contribution >= 4 is 23.0 Å². The Hall–Kier alpha value is -2.13. The molecule has 1 aromatic carbocycles. The van der Waals surface area contributed by atoms with E-state index in [9.17, 15) is 0 Å². The number of benzene rings is 1. The summed E-state index contributed by atoms with van der Waals surface area (Å²) in [6, 6.07) is 13.0. The average Bonchev–Trinajstić information content (AvgIpc) is 3.15. The van der Waals surface area contributed by atoms with Crippen LogP contribution in [0.25, 0.3) is 11.6 Å². The molecule has 0 aliphatic heterocycles. The van der Waals surface area contributed by atoms with E-state index in [1.54, 1.807) is 11.3 Å². The van der Waals surface area contributed by atoms with Crippen molar-refractivity contribution in [1.82, 2.24) is 4.98 Å². The van der Waals surface area contributed by atoms with Crippen LogP contribution < -0.4 is 10.8 Å². The minimum Gasteiger partial charge on any atom is -0.441 e. The number of hydrogen-bond acceptors (Lipinski definition) is 3. The summed E-state index contributed by atoms with van der Waals surface area (Å²) in [6.45, 7) is 4.03. The highest BCUT2D eigenvalue weighted by atomic mass is 32.1. The van der Waals surface area contributed by atoms with E-state index in [1.165, 1.54) is 21.6 Å². The molecule has 3 heteroatoms. The lowest BCUT2D eigenvalue weighted by Gasteiger charge is -2.16. The maximum atomic E-state index is 5.83. The zero-order chi connectivity index (χ0) is 15.1. The fourth-order valence-electron chi connectivity index (χ4n) is 3.02. The van der Waals surface area contributed by atoms with E-state index in [2.05, 4.69) is 59.8 Å². The number of thiophene rings is 1. The summed E-state index contributed by atoms with van der Waals surface area (Å²) in [5, 5.41) is 3.14. The van der Waals surface area contributed by atoms with Crippen molar-refractivity contribution in [2.24, 2.45) is 0 Å². The van der Waals surface area contributed by atoms with Gasteiger partial charge in [0.25, 0.3) is 0 Å². The first-order valence-electron chi connectivity index (χ1n) is 7.49. The van der Waals surface area contributed by atoms with Crippen molar-refractivity contribution in [2.45, 2.75) is 26.2 Å². The molecule has 1 unspecified atom stereocenters. The fourth-order valence-corrected chi connectivity index (χ4v) is 3.82. The van der Waals surface area contributed by atoms with Crippen LogP contribution in [-0.4, -0.2) is 4.98 Å². The van der Waals surface area contributed by atoms with Crippen LogP contribution in [0.15, 0.2) is 46.2 Å². The standard InChI is InChI=1S/C19H17NOS/c1-12-5-7-14(8-6-12)16-10-15(18-4-3-9-22-18)11-17-19(16)20-13(2)21-17/h3-9,11,15H,10H2,1-2H3. The summed E-state index contributed by atoms with van der Waals surface area (Å²) >= 11 is 1.80. The molecule has 2 aromatic heterocycles. The number of rotatable bonds is 2. The van der Waals surface area contributed by atoms with Gasteiger partial charge in [-0.3, -0.25) is 0 Å². The highest BCUT2D eigenvalue weighted by molar-refractivity contribution is 7.10. The summed E-state index contributed by atoms with van der Waals surface area (Å²) in [5.41, 5.74) is 4.72. The molecular weight excluding hydrogens is 290 g/mol. The second kappa shape index (κ2) is 5.25. The van der Waals surface area contributed by atoms with Crippen LogP contribution in [-0.2, 0) is 0 Å². The third-order valence-electron chi connectivity index (χ3n) is 4.13. The van der Waals surface area contributed by atoms with Crippen LogP contribution in [0.3, 0.4) is 0 Å². The molecule has 0 spiro atoms. The van der Waals surface area contributed by atoms with Gasteiger partial charge >= 0.3 is 0 Å². The Morgan fingerprint density at radius 2 is 1.95 bits per heavy atom. The van der Waals surface area contributed by atoms with Crippen LogP contribution in [0, 0.1) is 13.8 Å². The molecule has 0 saturated carbocycles. The van der Waals surface area contributed by atoms with Gasteiger partial charge in [-0.2, -0.15) is 0 Å². The minimum absolute atomic E-state index is 0.371. The highest BCUT2D eigenvalue weighted by Crippen LogP contribution is 2.32. The van der Waals surface area contributed by atoms with E-state index in [-0.39, 0.29) is 0 Å². The number of aryl methyl sites for hydroxylation is 2. The monoisotopic (exact) mass is 307 g/mol. The van der Waals surface area contributed by atoms with Crippen LogP contribution in [0.1, 0.15) is 34.2 Å². The predicted octanol–water partition coefficient (Wildman–Crippen LogP) is 3.52. The number of hydrogen-bond donors (Lipinski definition) is 0. The molecule has 0 saturated heterocycles. The molecule has 3 aromatic rings. The molecule has 1 aliphatic rings. The quantitative estimate of drug-likeness (QED) is 0.724. The Bertz CT molecular complexity index is 917. The third kappa shape index (κ3) is 2.32. The van der Waals surface area contributed by atoms with Gasteiger partial charge < -0.3 is 4.42 Å². The Balaban J connectivity index is 1.91. The number of fused-ring (bicyclic) bond motifs is 1. The van der Waals surface area contributed by atoms with Gasteiger partial charge in [-0.15, -0.1) is 11.3 Å². The zero-order valence-corrected chi connectivity index (χ0v) is 13.5. The van der Waals surface area contributed by atoms with Gasteiger partial charge in [0.2, 0.25) is 0 Å². The molecular formula is C19H17NOS. The van der Waals surface area contributed by atoms with Crippen LogP contribution in [0.4, 0.5) is 0 Å². The summed E-state index contributed by atoms with van der Waals surface area (Å²) in [7, 11) is 0. The lowest BCUT2D eigenvalue weighted by molar-refractivity contribution is 0.489. The highest BCUT2D eigenvalue weighted by Gasteiger charge is 2.21. The number of aromatic nitrogens is 1. The van der Waals surface area contributed by atoms with Gasteiger partial charge in [0.1, 0.15) is 5.35 Å². The number of oxazole rings is 1. The molecule has 0 radical (unpaired) electrons. The van der Waals surface area contributed by atoms with Crippen molar-refractivity contribution in [3.63, 3.8) is 0 Å². The van der Waals surface area contributed by atoms with E-state index >= 15 is 0 Å². The van der Waals surface area contributed by atoms with Crippen molar-refractivity contribution in [3.8, 4) is 0 Å². The van der Waals surface area contributed by atoms with Crippen molar-refractivity contribution < 1.29 is 4.42 Å². The first-order chi connectivity index (χ1) is 10.7. The molecule has 2 heterocycles. The predicted molar refractivity (Wildman–Crippen MR) is 90.3 cm³/mol. The molecule has 22 heavy (non-hydrogen) atoms. The SMILES string of the molecule is Cc1ccc(C2=c3nc(C)oc3=CC(c3cccs3)C2)cc1. The molecule has 0 fully saturated rings. The summed E-state index contributed by atoms with van der Waals surface area (Å²) < 4.78 is 5.83. The van der Waals surface area contributed by atoms with Gasteiger partial charge in [-0.1, -0.05) is 35.9 Å². The first-order valence-corrected chi connectivity index (χ1v) is 8.37. The maximum absolute atomic E-state index is 5.83. The van der Waals surface area contributed by atoms with Gasteiger partial charge in [-0.05, 0) is 42.0 Å². The zero-order valence-electron chi connectivity index (χ0n) is 12.7. The molecule has 1 aliphatic carbocycles. The van der Waals surface area contributed by atoms with Gasteiger partial charge in [-0.25, -0.2) is 4.98 Å². The maximum Gasteiger partial charge on any atom is 0.192 e. The molecule has 110 valence electrons. The molecule has 0 amide bonds. The van der Waals surface area contributed by atoms with Crippen LogP contribution in [0.2, 0.25) is 0 Å². The first kappa shape index (κ1) is 13.5. The summed E-state index contributed by atoms with van der Waals surface area (Å²) in [6.07, 6.45) is 3.20. The van der Waals surface area contributed by atoms with E-state index in [0.717, 1.165) is 23.1 Å². The molecule has 2 nitrogen and oxygen atoms in total. The van der Waals surface area contributed by atoms with Crippen LogP contribution in [0.5, 0.6) is 0 Å². The van der Waals surface area contributed by atoms with E-state index in [4.69, 9.17) is 4.42 Å². The molecule has 1 atom stereocenters. The van der Waals surface area contributed by atoms with Crippen molar-refractivity contribution in [2.75, 3.05) is 0 Å². The van der Waals surface area contributed by atoms with Crippen LogP contribution >= 0.6 is 11.3 Å². The minimum atomic E-state index is 0.371. The fraction of sp³-hybridized carbons (Fsp3) is 0.211. The van der Waals surface area contributed by atoms with Gasteiger partial charge in [0.05, 0.1) is 0 Å². The molecule has 0 N–H and O–H groups in total. The Labute approximate surface area is 133 Å². The van der Waals surface area contributed by atoms with Gasteiger partial charge in [0, 0.05) is 17.7 Å². The second-order valence-electron chi connectivity index (χ2n) is 5.78. The largest absolute Gasteiger partial charge is 0.441 e. The molecule has 0 bridgehead atoms. The third-order valence-corrected chi connectivity index (χ3v) is 5.14.